The predicted octanol–water partition coefficient (Wildman–Crippen LogP) is 3.41. The van der Waals surface area contributed by atoms with Gasteiger partial charge in [-0.3, -0.25) is 15.0 Å². The highest BCUT2D eigenvalue weighted by molar-refractivity contribution is 6.06. The van der Waals surface area contributed by atoms with Gasteiger partial charge < -0.3 is 23.7 Å². The van der Waals surface area contributed by atoms with Crippen LogP contribution in [0.4, 0.5) is 15.3 Å². The van der Waals surface area contributed by atoms with Crippen LogP contribution in [0.2, 0.25) is 0 Å². The molecule has 6 rings (SSSR count). The van der Waals surface area contributed by atoms with Crippen LogP contribution in [0.1, 0.15) is 24.4 Å². The maximum atomic E-state index is 12.6. The van der Waals surface area contributed by atoms with E-state index in [0.29, 0.717) is 39.3 Å². The zero-order valence-electron chi connectivity index (χ0n) is 20.3. The van der Waals surface area contributed by atoms with Crippen molar-refractivity contribution in [1.82, 2.24) is 14.8 Å². The molecule has 10 heteroatoms. The van der Waals surface area contributed by atoms with Gasteiger partial charge >= 0.3 is 12.1 Å². The summed E-state index contributed by atoms with van der Waals surface area (Å²) in [5.74, 6) is -1.06. The van der Waals surface area contributed by atoms with Gasteiger partial charge in [0.25, 0.3) is 0 Å². The second kappa shape index (κ2) is 9.53. The smallest absolute Gasteiger partial charge is 0.410 e. The standard InChI is InChI=1S/C27H28N4O6/c32-24-9-12-31(25(33)28-24)21-6-7-23-20(14-21)8-11-30(23)22-16-36-27(37-17-22)10-13-29(18-27)26(34)35-15-19-4-2-1-3-5-19/h1-8,11,14,22H,9-10,12-13,15-18H2,(H,28,32,33). The van der Waals surface area contributed by atoms with Crippen LogP contribution >= 0.6 is 0 Å². The van der Waals surface area contributed by atoms with Crippen LogP contribution in [0.3, 0.4) is 0 Å². The van der Waals surface area contributed by atoms with Gasteiger partial charge in [0.15, 0.2) is 5.79 Å². The van der Waals surface area contributed by atoms with Gasteiger partial charge in [-0.05, 0) is 29.8 Å². The van der Waals surface area contributed by atoms with Crippen LogP contribution in [0.25, 0.3) is 10.9 Å². The number of hydrogen-bond acceptors (Lipinski definition) is 6. The molecule has 3 saturated heterocycles. The molecule has 0 saturated carbocycles. The van der Waals surface area contributed by atoms with Crippen LogP contribution in [0.5, 0.6) is 0 Å². The number of ether oxygens (including phenoxy) is 3. The van der Waals surface area contributed by atoms with Crippen LogP contribution in [-0.2, 0) is 25.6 Å². The molecule has 2 aromatic carbocycles. The maximum Gasteiger partial charge on any atom is 0.410 e. The van der Waals surface area contributed by atoms with Crippen LogP contribution in [-0.4, -0.2) is 66.1 Å². The maximum absolute atomic E-state index is 12.6. The Morgan fingerprint density at radius 2 is 1.86 bits per heavy atom. The van der Waals surface area contributed by atoms with Gasteiger partial charge in [0.05, 0.1) is 25.8 Å². The van der Waals surface area contributed by atoms with E-state index in [4.69, 9.17) is 14.2 Å². The fraction of sp³-hybridized carbons (Fsp3) is 0.370. The summed E-state index contributed by atoms with van der Waals surface area (Å²) in [6.45, 7) is 2.35. The quantitative estimate of drug-likeness (QED) is 0.584. The Morgan fingerprint density at radius 1 is 1.05 bits per heavy atom. The fourth-order valence-corrected chi connectivity index (χ4v) is 5.15. The van der Waals surface area contributed by atoms with E-state index >= 15 is 0 Å². The summed E-state index contributed by atoms with van der Waals surface area (Å²) < 4.78 is 20.0. The van der Waals surface area contributed by atoms with Gasteiger partial charge in [-0.2, -0.15) is 0 Å². The average molecular weight is 505 g/mol. The number of nitrogens with one attached hydrogen (secondary N) is 1. The summed E-state index contributed by atoms with van der Waals surface area (Å²) in [4.78, 5) is 39.4. The third kappa shape index (κ3) is 4.65. The molecule has 1 N–H and O–H groups in total. The molecule has 1 spiro atoms. The normalized spacial score (nSPS) is 24.1. The van der Waals surface area contributed by atoms with Crippen molar-refractivity contribution < 1.29 is 28.6 Å². The zero-order valence-corrected chi connectivity index (χ0v) is 20.3. The Morgan fingerprint density at radius 3 is 2.65 bits per heavy atom. The zero-order chi connectivity index (χ0) is 25.4. The SMILES string of the molecule is O=C1CCN(c2ccc3c(ccn3C3COC4(CCN(C(=O)OCc5ccccc5)C4)OC3)c2)C(=O)N1. The van der Waals surface area contributed by atoms with Gasteiger partial charge in [-0.1, -0.05) is 30.3 Å². The van der Waals surface area contributed by atoms with Crippen molar-refractivity contribution in [2.24, 2.45) is 0 Å². The monoisotopic (exact) mass is 504 g/mol. The van der Waals surface area contributed by atoms with Gasteiger partial charge in [0, 0.05) is 48.7 Å². The number of carbonyl (C=O) groups is 3. The lowest BCUT2D eigenvalue weighted by Gasteiger charge is -2.38. The molecule has 192 valence electrons. The van der Waals surface area contributed by atoms with Crippen LogP contribution in [0.15, 0.2) is 60.8 Å². The Kier molecular flexibility index (Phi) is 6.05. The molecular formula is C27H28N4O6. The first kappa shape index (κ1) is 23.5. The number of rotatable bonds is 4. The molecule has 1 aromatic heterocycles. The van der Waals surface area contributed by atoms with E-state index in [-0.39, 0.29) is 31.1 Å². The summed E-state index contributed by atoms with van der Waals surface area (Å²) >= 11 is 0. The van der Waals surface area contributed by atoms with E-state index in [1.807, 2.05) is 60.8 Å². The Hall–Kier alpha value is -3.89. The predicted molar refractivity (Wildman–Crippen MR) is 134 cm³/mol. The number of nitrogens with zero attached hydrogens (tertiary/aromatic N) is 3. The number of carbonyl (C=O) groups excluding carboxylic acids is 3. The molecule has 4 amide bonds. The number of benzene rings is 2. The van der Waals surface area contributed by atoms with Crippen molar-refractivity contribution in [3.8, 4) is 0 Å². The molecule has 0 atom stereocenters. The molecule has 3 aromatic rings. The topological polar surface area (TPSA) is 102 Å². The fourth-order valence-electron chi connectivity index (χ4n) is 5.15. The Bertz CT molecular complexity index is 1330. The number of anilines is 1. The van der Waals surface area contributed by atoms with Gasteiger partial charge in [-0.25, -0.2) is 9.59 Å². The van der Waals surface area contributed by atoms with Crippen molar-refractivity contribution in [2.45, 2.75) is 31.3 Å². The van der Waals surface area contributed by atoms with Crippen LogP contribution in [0, 0.1) is 0 Å². The molecule has 37 heavy (non-hydrogen) atoms. The number of imide groups is 1. The molecule has 0 bridgehead atoms. The number of amides is 4. The van der Waals surface area contributed by atoms with E-state index in [1.54, 1.807) is 9.80 Å². The minimum atomic E-state index is -0.808. The molecule has 3 aliphatic heterocycles. The minimum absolute atomic E-state index is 0.0241. The van der Waals surface area contributed by atoms with E-state index in [2.05, 4.69) is 9.88 Å². The molecular weight excluding hydrogens is 476 g/mol. The minimum Gasteiger partial charge on any atom is -0.445 e. The first-order valence-electron chi connectivity index (χ1n) is 12.5. The van der Waals surface area contributed by atoms with Crippen molar-refractivity contribution >= 4 is 34.6 Å². The van der Waals surface area contributed by atoms with E-state index < -0.39 is 11.8 Å². The first-order chi connectivity index (χ1) is 18.0. The number of aromatic nitrogens is 1. The molecule has 0 aliphatic carbocycles. The second-order valence-electron chi connectivity index (χ2n) is 9.62. The van der Waals surface area contributed by atoms with Crippen LogP contribution < -0.4 is 10.2 Å². The lowest BCUT2D eigenvalue weighted by atomic mass is 10.1. The molecule has 4 heterocycles. The number of hydrogen-bond donors (Lipinski definition) is 1. The summed E-state index contributed by atoms with van der Waals surface area (Å²) in [5.41, 5.74) is 2.69. The van der Waals surface area contributed by atoms with E-state index in [9.17, 15) is 14.4 Å². The van der Waals surface area contributed by atoms with Crippen molar-refractivity contribution in [2.75, 3.05) is 37.7 Å². The highest BCUT2D eigenvalue weighted by Crippen LogP contribution is 2.35. The number of urea groups is 1. The molecule has 0 radical (unpaired) electrons. The average Bonchev–Trinajstić information content (AvgIpc) is 3.53. The van der Waals surface area contributed by atoms with Gasteiger partial charge in [-0.15, -0.1) is 0 Å². The lowest BCUT2D eigenvalue weighted by Crippen LogP contribution is -2.49. The van der Waals surface area contributed by atoms with E-state index in [0.717, 1.165) is 22.2 Å². The third-order valence-corrected chi connectivity index (χ3v) is 7.20. The van der Waals surface area contributed by atoms with Crippen molar-refractivity contribution in [1.29, 1.82) is 0 Å². The van der Waals surface area contributed by atoms with Gasteiger partial charge in [0.1, 0.15) is 6.61 Å². The largest absolute Gasteiger partial charge is 0.445 e. The molecule has 3 aliphatic rings. The summed E-state index contributed by atoms with van der Waals surface area (Å²) in [7, 11) is 0. The highest BCUT2D eigenvalue weighted by atomic mass is 16.7. The van der Waals surface area contributed by atoms with E-state index in [1.165, 1.54) is 0 Å². The molecule has 0 unspecified atom stereocenters. The molecule has 3 fully saturated rings. The molecule has 10 nitrogen and oxygen atoms in total. The first-order valence-corrected chi connectivity index (χ1v) is 12.5. The number of likely N-dealkylation sites (tertiary alicyclic amines) is 1. The Labute approximate surface area is 213 Å². The number of fused-ring (bicyclic) bond motifs is 1. The highest BCUT2D eigenvalue weighted by Gasteiger charge is 2.46. The summed E-state index contributed by atoms with van der Waals surface area (Å²) in [6, 6.07) is 17.0. The van der Waals surface area contributed by atoms with Crippen molar-refractivity contribution in [3.05, 3.63) is 66.4 Å². The Balaban J connectivity index is 1.07. The van der Waals surface area contributed by atoms with Gasteiger partial charge in [0.2, 0.25) is 5.91 Å². The lowest BCUT2D eigenvalue weighted by molar-refractivity contribution is -0.269. The summed E-state index contributed by atoms with van der Waals surface area (Å²) in [5, 5.41) is 3.34. The van der Waals surface area contributed by atoms with Crippen molar-refractivity contribution in [3.63, 3.8) is 0 Å². The summed E-state index contributed by atoms with van der Waals surface area (Å²) in [6.07, 6.45) is 2.50. The third-order valence-electron chi connectivity index (χ3n) is 7.20. The second-order valence-corrected chi connectivity index (χ2v) is 9.62.